The van der Waals surface area contributed by atoms with Crippen molar-refractivity contribution in [2.24, 2.45) is 0 Å². The number of hydrogen-bond donors (Lipinski definition) is 1. The van der Waals surface area contributed by atoms with Gasteiger partial charge in [-0.25, -0.2) is 4.39 Å². The summed E-state index contributed by atoms with van der Waals surface area (Å²) in [6, 6.07) is 8.99. The predicted molar refractivity (Wildman–Crippen MR) is 115 cm³/mol. The van der Waals surface area contributed by atoms with Crippen LogP contribution in [0.3, 0.4) is 0 Å². The van der Waals surface area contributed by atoms with Crippen LogP contribution in [-0.4, -0.2) is 69.2 Å². The molecule has 1 saturated heterocycles. The Bertz CT molecular complexity index is 1080. The molecule has 1 aromatic carbocycles. The second-order valence-electron chi connectivity index (χ2n) is 7.87. The van der Waals surface area contributed by atoms with Crippen molar-refractivity contribution < 1.29 is 27.1 Å². The first kappa shape index (κ1) is 24.0. The van der Waals surface area contributed by atoms with Crippen molar-refractivity contribution in [2.75, 3.05) is 37.6 Å². The molecule has 1 aliphatic rings. The van der Waals surface area contributed by atoms with Crippen LogP contribution in [0.4, 0.5) is 23.2 Å². The van der Waals surface area contributed by atoms with Gasteiger partial charge in [-0.05, 0) is 36.9 Å². The molecule has 2 aromatic heterocycles. The van der Waals surface area contributed by atoms with Crippen molar-refractivity contribution in [3.05, 3.63) is 60.0 Å². The van der Waals surface area contributed by atoms with E-state index in [9.17, 15) is 22.7 Å². The largest absolute Gasteiger partial charge is 0.470 e. The smallest absolute Gasteiger partial charge is 0.413 e. The van der Waals surface area contributed by atoms with E-state index in [1.54, 1.807) is 23.1 Å². The normalized spacial score (nSPS) is 16.5. The number of aromatic nitrogens is 3. The van der Waals surface area contributed by atoms with Gasteiger partial charge < -0.3 is 19.3 Å². The Labute approximate surface area is 193 Å². The minimum atomic E-state index is -4.73. The van der Waals surface area contributed by atoms with E-state index in [2.05, 4.69) is 31.4 Å². The van der Waals surface area contributed by atoms with Gasteiger partial charge in [0.25, 0.3) is 0 Å². The fourth-order valence-electron chi connectivity index (χ4n) is 3.74. The molecule has 3 heterocycles. The number of benzene rings is 1. The molecule has 0 aliphatic carbocycles. The Hall–Kier alpha value is -3.09. The number of anilines is 1. The third kappa shape index (κ3) is 5.51. The second kappa shape index (κ2) is 10.0. The molecule has 1 unspecified atom stereocenters. The van der Waals surface area contributed by atoms with Gasteiger partial charge in [0.05, 0.1) is 17.8 Å². The van der Waals surface area contributed by atoms with E-state index in [1.165, 1.54) is 24.4 Å². The summed E-state index contributed by atoms with van der Waals surface area (Å²) in [5.41, 5.74) is 1.21. The summed E-state index contributed by atoms with van der Waals surface area (Å²) in [7, 11) is 0. The molecule has 4 rings (SSSR count). The number of aliphatic hydroxyl groups excluding tert-OH is 1. The van der Waals surface area contributed by atoms with Crippen molar-refractivity contribution in [2.45, 2.75) is 26.0 Å². The lowest BCUT2D eigenvalue weighted by Gasteiger charge is -2.41. The summed E-state index contributed by atoms with van der Waals surface area (Å²) in [4.78, 5) is 10.1. The van der Waals surface area contributed by atoms with Crippen molar-refractivity contribution in [1.82, 2.24) is 25.0 Å². The molecule has 34 heavy (non-hydrogen) atoms. The maximum absolute atomic E-state index is 13.9. The monoisotopic (exact) mass is 480 g/mol. The molecule has 12 heteroatoms. The van der Waals surface area contributed by atoms with E-state index in [0.717, 1.165) is 19.6 Å². The van der Waals surface area contributed by atoms with E-state index < -0.39 is 24.2 Å². The first-order chi connectivity index (χ1) is 16.2. The molecule has 0 bridgehead atoms. The first-order valence-electron chi connectivity index (χ1n) is 10.8. The van der Waals surface area contributed by atoms with Crippen molar-refractivity contribution in [3.63, 3.8) is 0 Å². The van der Waals surface area contributed by atoms with Crippen LogP contribution in [-0.2, 0) is 12.7 Å². The van der Waals surface area contributed by atoms with Crippen LogP contribution in [0, 0.1) is 5.82 Å². The predicted octanol–water partition coefficient (Wildman–Crippen LogP) is 3.21. The zero-order valence-corrected chi connectivity index (χ0v) is 18.4. The van der Waals surface area contributed by atoms with Gasteiger partial charge in [-0.3, -0.25) is 9.88 Å². The number of halogens is 4. The summed E-state index contributed by atoms with van der Waals surface area (Å²) in [5.74, 6) is -2.18. The third-order valence-corrected chi connectivity index (χ3v) is 5.67. The molecule has 1 atom stereocenters. The molecule has 0 radical (unpaired) electrons. The fraction of sp³-hybridized carbons (Fsp3) is 0.409. The Kier molecular flexibility index (Phi) is 7.10. The average Bonchev–Trinajstić information content (AvgIpc) is 3.34. The number of piperazine rings is 1. The van der Waals surface area contributed by atoms with Gasteiger partial charge in [-0.1, -0.05) is 13.0 Å². The van der Waals surface area contributed by atoms with Gasteiger partial charge in [-0.2, -0.15) is 13.2 Å². The topological polar surface area (TPSA) is 81.8 Å². The zero-order chi connectivity index (χ0) is 24.3. The highest BCUT2D eigenvalue weighted by molar-refractivity contribution is 5.51. The third-order valence-electron chi connectivity index (χ3n) is 5.67. The highest BCUT2D eigenvalue weighted by Crippen LogP contribution is 2.30. The van der Waals surface area contributed by atoms with E-state index in [4.69, 9.17) is 0 Å². The van der Waals surface area contributed by atoms with Gasteiger partial charge in [0.15, 0.2) is 6.35 Å². The minimum absolute atomic E-state index is 0.135. The van der Waals surface area contributed by atoms with Gasteiger partial charge in [0.2, 0.25) is 5.89 Å². The quantitative estimate of drug-likeness (QED) is 0.408. The van der Waals surface area contributed by atoms with E-state index in [0.29, 0.717) is 24.5 Å². The van der Waals surface area contributed by atoms with Crippen LogP contribution in [0.5, 0.6) is 0 Å². The summed E-state index contributed by atoms with van der Waals surface area (Å²) in [5, 5.41) is 17.6. The van der Waals surface area contributed by atoms with Crippen LogP contribution >= 0.6 is 0 Å². The number of likely N-dealkylation sites (N-methyl/N-ethyl adjacent to an activating group) is 1. The molecule has 3 aromatic rings. The number of aliphatic hydroxyl groups is 1. The van der Waals surface area contributed by atoms with E-state index >= 15 is 0 Å². The Morgan fingerprint density at radius 2 is 1.88 bits per heavy atom. The molecule has 8 nitrogen and oxygen atoms in total. The standard InChI is InChI=1S/C22H24F4N6O2/c1-2-30-8-10-31(11-9-30)21(33)32(18-5-3-4-16(23)12-18)14-17-7-6-15(13-27-17)19-28-29-20(34-19)22(24,25)26/h3-7,12-13,21,33H,2,8-11,14H2,1H3. The maximum Gasteiger partial charge on any atom is 0.470 e. The van der Waals surface area contributed by atoms with Crippen molar-refractivity contribution in [3.8, 4) is 11.5 Å². The molecule has 0 amide bonds. The van der Waals surface area contributed by atoms with Crippen molar-refractivity contribution >= 4 is 5.69 Å². The first-order valence-corrected chi connectivity index (χ1v) is 10.8. The molecular weight excluding hydrogens is 456 g/mol. The summed E-state index contributed by atoms with van der Waals surface area (Å²) in [6.45, 7) is 6.05. The number of rotatable bonds is 7. The average molecular weight is 480 g/mol. The number of pyridine rings is 1. The number of alkyl halides is 3. The highest BCUT2D eigenvalue weighted by atomic mass is 19.4. The van der Waals surface area contributed by atoms with Crippen LogP contribution in [0.25, 0.3) is 11.5 Å². The summed E-state index contributed by atoms with van der Waals surface area (Å²) < 4.78 is 56.8. The maximum atomic E-state index is 13.9. The molecule has 1 aliphatic heterocycles. The molecule has 0 saturated carbocycles. The lowest BCUT2D eigenvalue weighted by Crippen LogP contribution is -2.56. The Balaban J connectivity index is 1.54. The summed E-state index contributed by atoms with van der Waals surface area (Å²) in [6.07, 6.45) is -4.44. The molecule has 1 fully saturated rings. The highest BCUT2D eigenvalue weighted by Gasteiger charge is 2.38. The molecular formula is C22H24F4N6O2. The second-order valence-corrected chi connectivity index (χ2v) is 7.87. The van der Waals surface area contributed by atoms with E-state index in [-0.39, 0.29) is 18.0 Å². The van der Waals surface area contributed by atoms with Gasteiger partial charge >= 0.3 is 12.1 Å². The number of nitrogens with zero attached hydrogens (tertiary/aromatic N) is 6. The van der Waals surface area contributed by atoms with Crippen LogP contribution in [0.1, 0.15) is 18.5 Å². The Morgan fingerprint density at radius 3 is 2.47 bits per heavy atom. The lowest BCUT2D eigenvalue weighted by atomic mass is 10.2. The van der Waals surface area contributed by atoms with Crippen molar-refractivity contribution in [1.29, 1.82) is 0 Å². The Morgan fingerprint density at radius 1 is 1.12 bits per heavy atom. The van der Waals surface area contributed by atoms with E-state index in [1.807, 2.05) is 4.90 Å². The zero-order valence-electron chi connectivity index (χ0n) is 18.4. The lowest BCUT2D eigenvalue weighted by molar-refractivity contribution is -0.156. The summed E-state index contributed by atoms with van der Waals surface area (Å²) >= 11 is 0. The molecule has 182 valence electrons. The van der Waals surface area contributed by atoms with Crippen LogP contribution in [0.15, 0.2) is 47.0 Å². The van der Waals surface area contributed by atoms with Gasteiger partial charge in [0, 0.05) is 38.1 Å². The van der Waals surface area contributed by atoms with Gasteiger partial charge in [0.1, 0.15) is 5.82 Å². The molecule has 1 N–H and O–H groups in total. The van der Waals surface area contributed by atoms with Crippen LogP contribution in [0.2, 0.25) is 0 Å². The minimum Gasteiger partial charge on any atom is -0.413 e. The van der Waals surface area contributed by atoms with Crippen LogP contribution < -0.4 is 4.90 Å². The molecule has 0 spiro atoms. The number of hydrogen-bond acceptors (Lipinski definition) is 8. The fourth-order valence-corrected chi connectivity index (χ4v) is 3.74. The van der Waals surface area contributed by atoms with Gasteiger partial charge in [-0.15, -0.1) is 10.2 Å². The SMILES string of the molecule is CCN1CCN(C(O)N(Cc2ccc(-c3nnc(C(F)(F)F)o3)cn2)c2cccc(F)c2)CC1.